The molecule has 1 saturated heterocycles. The highest BCUT2D eigenvalue weighted by atomic mass is 32.2. The van der Waals surface area contributed by atoms with Crippen molar-refractivity contribution in [1.29, 1.82) is 0 Å². The number of hydrogen-bond donors (Lipinski definition) is 1. The van der Waals surface area contributed by atoms with Gasteiger partial charge in [0.05, 0.1) is 0 Å². The van der Waals surface area contributed by atoms with E-state index in [0.717, 1.165) is 12.5 Å². The summed E-state index contributed by atoms with van der Waals surface area (Å²) in [5.74, 6) is 2.63. The Hall–Kier alpha value is -0.540. The molecule has 0 saturated carbocycles. The van der Waals surface area contributed by atoms with Crippen LogP contribution >= 0.6 is 11.8 Å². The number of hydrogen-bond acceptors (Lipinski definition) is 3. The largest absolute Gasteiger partial charge is 0.311 e. The molecular formula is C14H22N2S. The van der Waals surface area contributed by atoms with Crippen molar-refractivity contribution in [2.24, 2.45) is 0 Å². The fraction of sp³-hybridized carbons (Fsp3) is 0.643. The van der Waals surface area contributed by atoms with Crippen LogP contribution in [0.1, 0.15) is 31.0 Å². The molecule has 94 valence electrons. The third-order valence-electron chi connectivity index (χ3n) is 3.36. The lowest BCUT2D eigenvalue weighted by Crippen LogP contribution is -2.40. The monoisotopic (exact) mass is 250 g/mol. The van der Waals surface area contributed by atoms with Crippen LogP contribution < -0.4 is 5.32 Å². The van der Waals surface area contributed by atoms with Crippen molar-refractivity contribution in [2.45, 2.75) is 45.2 Å². The molecule has 1 aliphatic rings. The molecule has 1 aromatic rings. The van der Waals surface area contributed by atoms with Crippen molar-refractivity contribution >= 4 is 11.8 Å². The first-order valence-corrected chi connectivity index (χ1v) is 7.65. The van der Waals surface area contributed by atoms with Gasteiger partial charge in [-0.25, -0.2) is 0 Å². The molecule has 1 fully saturated rings. The van der Waals surface area contributed by atoms with E-state index in [1.54, 1.807) is 0 Å². The summed E-state index contributed by atoms with van der Waals surface area (Å²) in [4.78, 5) is 4.47. The summed E-state index contributed by atoms with van der Waals surface area (Å²) in [6.45, 7) is 4.42. The SMILES string of the molecule is Cc1cccnc1C[C@@H](C)NC1CCSCC1. The summed E-state index contributed by atoms with van der Waals surface area (Å²) in [6, 6.07) is 5.40. The van der Waals surface area contributed by atoms with Gasteiger partial charge < -0.3 is 5.32 Å². The van der Waals surface area contributed by atoms with E-state index in [-0.39, 0.29) is 0 Å². The van der Waals surface area contributed by atoms with Crippen LogP contribution in [0, 0.1) is 6.92 Å². The van der Waals surface area contributed by atoms with Gasteiger partial charge in [-0.3, -0.25) is 4.98 Å². The molecule has 2 rings (SSSR count). The third kappa shape index (κ3) is 4.00. The number of nitrogens with one attached hydrogen (secondary N) is 1. The molecule has 0 aliphatic carbocycles. The lowest BCUT2D eigenvalue weighted by atomic mass is 10.1. The Morgan fingerprint density at radius 2 is 2.24 bits per heavy atom. The summed E-state index contributed by atoms with van der Waals surface area (Å²) in [7, 11) is 0. The number of nitrogens with zero attached hydrogens (tertiary/aromatic N) is 1. The predicted octanol–water partition coefficient (Wildman–Crippen LogP) is 2.81. The van der Waals surface area contributed by atoms with E-state index in [2.05, 4.69) is 42.0 Å². The van der Waals surface area contributed by atoms with Gasteiger partial charge in [0.25, 0.3) is 0 Å². The van der Waals surface area contributed by atoms with E-state index in [0.29, 0.717) is 6.04 Å². The second-order valence-electron chi connectivity index (χ2n) is 4.93. The van der Waals surface area contributed by atoms with Crippen LogP contribution in [0.2, 0.25) is 0 Å². The van der Waals surface area contributed by atoms with E-state index in [4.69, 9.17) is 0 Å². The second-order valence-corrected chi connectivity index (χ2v) is 6.15. The zero-order valence-electron chi connectivity index (χ0n) is 10.8. The number of aromatic nitrogens is 1. The highest BCUT2D eigenvalue weighted by Gasteiger charge is 2.16. The maximum Gasteiger partial charge on any atom is 0.0448 e. The van der Waals surface area contributed by atoms with Gasteiger partial charge >= 0.3 is 0 Å². The molecular weight excluding hydrogens is 228 g/mol. The van der Waals surface area contributed by atoms with Gasteiger partial charge in [-0.15, -0.1) is 0 Å². The van der Waals surface area contributed by atoms with Crippen LogP contribution in [0.3, 0.4) is 0 Å². The molecule has 0 radical (unpaired) electrons. The molecule has 17 heavy (non-hydrogen) atoms. The summed E-state index contributed by atoms with van der Waals surface area (Å²) < 4.78 is 0. The van der Waals surface area contributed by atoms with E-state index >= 15 is 0 Å². The number of pyridine rings is 1. The van der Waals surface area contributed by atoms with Crippen LogP contribution in [0.25, 0.3) is 0 Å². The molecule has 1 aromatic heterocycles. The highest BCUT2D eigenvalue weighted by Crippen LogP contribution is 2.18. The average molecular weight is 250 g/mol. The molecule has 2 heterocycles. The normalized spacial score (nSPS) is 19.2. The van der Waals surface area contributed by atoms with Crippen LogP contribution in [0.15, 0.2) is 18.3 Å². The molecule has 3 heteroatoms. The number of thioether (sulfide) groups is 1. The van der Waals surface area contributed by atoms with Crippen LogP contribution in [0.4, 0.5) is 0 Å². The van der Waals surface area contributed by atoms with Crippen LogP contribution in [0.5, 0.6) is 0 Å². The van der Waals surface area contributed by atoms with Crippen molar-refractivity contribution < 1.29 is 0 Å². The highest BCUT2D eigenvalue weighted by molar-refractivity contribution is 7.99. The summed E-state index contributed by atoms with van der Waals surface area (Å²) in [6.07, 6.45) is 5.56. The lowest BCUT2D eigenvalue weighted by Gasteiger charge is -2.26. The van der Waals surface area contributed by atoms with Crippen molar-refractivity contribution in [2.75, 3.05) is 11.5 Å². The summed E-state index contributed by atoms with van der Waals surface area (Å²) >= 11 is 2.08. The van der Waals surface area contributed by atoms with Gasteiger partial charge in [0.15, 0.2) is 0 Å². The fourth-order valence-corrected chi connectivity index (χ4v) is 3.45. The van der Waals surface area contributed by atoms with E-state index < -0.39 is 0 Å². The molecule has 1 N–H and O–H groups in total. The first-order valence-electron chi connectivity index (χ1n) is 6.50. The van der Waals surface area contributed by atoms with E-state index in [1.807, 2.05) is 12.3 Å². The van der Waals surface area contributed by atoms with Gasteiger partial charge in [0.1, 0.15) is 0 Å². The maximum absolute atomic E-state index is 4.47. The standard InChI is InChI=1S/C14H22N2S/c1-11-4-3-7-15-14(11)10-12(2)16-13-5-8-17-9-6-13/h3-4,7,12-13,16H,5-6,8-10H2,1-2H3/t12-/m1/s1. The molecule has 0 amide bonds. The van der Waals surface area contributed by atoms with Gasteiger partial charge in [-0.1, -0.05) is 6.07 Å². The Morgan fingerprint density at radius 1 is 1.47 bits per heavy atom. The first kappa shape index (κ1) is 12.9. The van der Waals surface area contributed by atoms with E-state index in [9.17, 15) is 0 Å². The maximum atomic E-state index is 4.47. The minimum Gasteiger partial charge on any atom is -0.311 e. The second kappa shape index (κ2) is 6.41. The fourth-order valence-electron chi connectivity index (χ4n) is 2.35. The lowest BCUT2D eigenvalue weighted by molar-refractivity contribution is 0.419. The molecule has 2 nitrogen and oxygen atoms in total. The Labute approximate surface area is 109 Å². The molecule has 0 bridgehead atoms. The van der Waals surface area contributed by atoms with E-state index in [1.165, 1.54) is 35.6 Å². The Balaban J connectivity index is 1.84. The topological polar surface area (TPSA) is 24.9 Å². The van der Waals surface area contributed by atoms with Gasteiger partial charge in [-0.2, -0.15) is 11.8 Å². The summed E-state index contributed by atoms with van der Waals surface area (Å²) in [5.41, 5.74) is 2.54. The van der Waals surface area contributed by atoms with Crippen LogP contribution in [-0.2, 0) is 6.42 Å². The number of aryl methyl sites for hydroxylation is 1. The molecule has 0 unspecified atom stereocenters. The predicted molar refractivity (Wildman–Crippen MR) is 75.6 cm³/mol. The Bertz CT molecular complexity index is 348. The van der Waals surface area contributed by atoms with Crippen molar-refractivity contribution in [3.63, 3.8) is 0 Å². The first-order chi connectivity index (χ1) is 8.25. The molecule has 0 aromatic carbocycles. The minimum absolute atomic E-state index is 0.525. The zero-order valence-corrected chi connectivity index (χ0v) is 11.6. The Morgan fingerprint density at radius 3 is 2.94 bits per heavy atom. The third-order valence-corrected chi connectivity index (χ3v) is 4.41. The minimum atomic E-state index is 0.525. The average Bonchev–Trinajstić information content (AvgIpc) is 2.33. The van der Waals surface area contributed by atoms with Gasteiger partial charge in [-0.05, 0) is 49.8 Å². The molecule has 0 spiro atoms. The van der Waals surface area contributed by atoms with Gasteiger partial charge in [0, 0.05) is 30.4 Å². The van der Waals surface area contributed by atoms with Crippen molar-refractivity contribution in [3.05, 3.63) is 29.6 Å². The van der Waals surface area contributed by atoms with Gasteiger partial charge in [0.2, 0.25) is 0 Å². The Kier molecular flexibility index (Phi) is 4.86. The molecule has 1 atom stereocenters. The quantitative estimate of drug-likeness (QED) is 0.889. The summed E-state index contributed by atoms with van der Waals surface area (Å²) in [5, 5.41) is 3.74. The molecule has 1 aliphatic heterocycles. The van der Waals surface area contributed by atoms with Crippen LogP contribution in [-0.4, -0.2) is 28.6 Å². The van der Waals surface area contributed by atoms with Crippen molar-refractivity contribution in [3.8, 4) is 0 Å². The smallest absolute Gasteiger partial charge is 0.0448 e. The number of rotatable bonds is 4. The zero-order chi connectivity index (χ0) is 12.1. The van der Waals surface area contributed by atoms with Crippen molar-refractivity contribution in [1.82, 2.24) is 10.3 Å².